The summed E-state index contributed by atoms with van der Waals surface area (Å²) in [6, 6.07) is 8.00. The van der Waals surface area contributed by atoms with Crippen LogP contribution in [-0.2, 0) is 20.7 Å². The molecule has 0 aliphatic rings. The highest BCUT2D eigenvalue weighted by Gasteiger charge is 2.30. The van der Waals surface area contributed by atoms with Crippen molar-refractivity contribution in [1.82, 2.24) is 20.6 Å². The normalized spacial score (nSPS) is 13.2. The summed E-state index contributed by atoms with van der Waals surface area (Å²) in [5.41, 5.74) is 0.472. The second kappa shape index (κ2) is 12.1. The van der Waals surface area contributed by atoms with Crippen molar-refractivity contribution >= 4 is 17.8 Å². The first-order chi connectivity index (χ1) is 15.5. The van der Waals surface area contributed by atoms with Gasteiger partial charge in [0.2, 0.25) is 5.91 Å². The third-order valence-electron chi connectivity index (χ3n) is 4.70. The van der Waals surface area contributed by atoms with Crippen molar-refractivity contribution in [1.29, 1.82) is 0 Å². The molecule has 8 heteroatoms. The second-order valence-electron chi connectivity index (χ2n) is 9.37. The van der Waals surface area contributed by atoms with Crippen LogP contribution in [-0.4, -0.2) is 45.4 Å². The largest absolute Gasteiger partial charge is 0.458 e. The van der Waals surface area contributed by atoms with Crippen LogP contribution in [0.1, 0.15) is 63.5 Å². The molecule has 1 aromatic carbocycles. The first-order valence-electron chi connectivity index (χ1n) is 11.2. The molecule has 2 atom stereocenters. The Hall–Kier alpha value is -3.29. The molecule has 0 aliphatic heterocycles. The van der Waals surface area contributed by atoms with Crippen molar-refractivity contribution in [3.63, 3.8) is 0 Å². The fourth-order valence-corrected chi connectivity index (χ4v) is 3.20. The molecule has 0 saturated heterocycles. The van der Waals surface area contributed by atoms with E-state index in [-0.39, 0.29) is 11.6 Å². The van der Waals surface area contributed by atoms with Gasteiger partial charge < -0.3 is 15.4 Å². The number of carbonyl (C=O) groups is 3. The smallest absolute Gasteiger partial charge is 0.329 e. The van der Waals surface area contributed by atoms with E-state index >= 15 is 0 Å². The van der Waals surface area contributed by atoms with Gasteiger partial charge >= 0.3 is 5.97 Å². The Morgan fingerprint density at radius 3 is 2.27 bits per heavy atom. The summed E-state index contributed by atoms with van der Waals surface area (Å²) in [5, 5.41) is 5.54. The number of esters is 1. The number of carbonyl (C=O) groups excluding carboxylic acids is 3. The van der Waals surface area contributed by atoms with Crippen molar-refractivity contribution in [3.8, 4) is 0 Å². The number of nitrogens with zero attached hydrogens (tertiary/aromatic N) is 2. The fourth-order valence-electron chi connectivity index (χ4n) is 3.20. The van der Waals surface area contributed by atoms with Crippen molar-refractivity contribution in [2.45, 2.75) is 71.6 Å². The highest BCUT2D eigenvalue weighted by atomic mass is 16.6. The van der Waals surface area contributed by atoms with E-state index in [0.717, 1.165) is 5.56 Å². The molecule has 0 saturated carbocycles. The number of hydrogen-bond acceptors (Lipinski definition) is 6. The summed E-state index contributed by atoms with van der Waals surface area (Å²) in [6.07, 6.45) is 5.56. The zero-order valence-corrected chi connectivity index (χ0v) is 20.0. The number of benzene rings is 1. The van der Waals surface area contributed by atoms with Gasteiger partial charge in [-0.25, -0.2) is 9.78 Å². The summed E-state index contributed by atoms with van der Waals surface area (Å²) in [7, 11) is 0. The van der Waals surface area contributed by atoms with E-state index in [4.69, 9.17) is 4.74 Å². The Bertz CT molecular complexity index is 911. The topological polar surface area (TPSA) is 110 Å². The lowest BCUT2D eigenvalue weighted by Gasteiger charge is -2.27. The third-order valence-corrected chi connectivity index (χ3v) is 4.70. The molecule has 2 amide bonds. The van der Waals surface area contributed by atoms with Gasteiger partial charge in [0.15, 0.2) is 0 Å². The molecule has 0 bridgehead atoms. The minimum Gasteiger partial charge on any atom is -0.458 e. The van der Waals surface area contributed by atoms with E-state index < -0.39 is 35.5 Å². The SMILES string of the molecule is CC(C)C[C@H](NC(=O)[C@H](CCc1ccccc1)NC(=O)c1cnccn1)C(=O)OC(C)(C)C. The second-order valence-corrected chi connectivity index (χ2v) is 9.37. The van der Waals surface area contributed by atoms with Gasteiger partial charge in [0.05, 0.1) is 6.20 Å². The Labute approximate surface area is 195 Å². The van der Waals surface area contributed by atoms with Crippen LogP contribution in [0.15, 0.2) is 48.9 Å². The third kappa shape index (κ3) is 9.39. The maximum Gasteiger partial charge on any atom is 0.329 e. The number of ether oxygens (including phenoxy) is 1. The lowest BCUT2D eigenvalue weighted by atomic mass is 10.0. The average molecular weight is 455 g/mol. The van der Waals surface area contributed by atoms with Crippen LogP contribution in [0, 0.1) is 5.92 Å². The minimum atomic E-state index is -0.864. The van der Waals surface area contributed by atoms with E-state index in [0.29, 0.717) is 19.3 Å². The maximum atomic E-state index is 13.2. The Kier molecular flexibility index (Phi) is 9.51. The number of aromatic nitrogens is 2. The summed E-state index contributed by atoms with van der Waals surface area (Å²) in [5.74, 6) is -1.29. The molecule has 0 aliphatic carbocycles. The molecule has 0 fully saturated rings. The average Bonchev–Trinajstić information content (AvgIpc) is 2.75. The van der Waals surface area contributed by atoms with Crippen molar-refractivity contribution in [2.75, 3.05) is 0 Å². The highest BCUT2D eigenvalue weighted by molar-refractivity contribution is 5.96. The molecule has 1 aromatic heterocycles. The highest BCUT2D eigenvalue weighted by Crippen LogP contribution is 2.14. The zero-order chi connectivity index (χ0) is 24.4. The molecule has 2 aromatic rings. The molecule has 2 rings (SSSR count). The van der Waals surface area contributed by atoms with E-state index in [9.17, 15) is 14.4 Å². The summed E-state index contributed by atoms with van der Waals surface area (Å²) in [6.45, 7) is 9.27. The van der Waals surface area contributed by atoms with Crippen LogP contribution in [0.2, 0.25) is 0 Å². The molecule has 0 unspecified atom stereocenters. The van der Waals surface area contributed by atoms with Crippen LogP contribution in [0.25, 0.3) is 0 Å². The van der Waals surface area contributed by atoms with Crippen LogP contribution >= 0.6 is 0 Å². The Morgan fingerprint density at radius 1 is 1.00 bits per heavy atom. The van der Waals surface area contributed by atoms with Gasteiger partial charge in [-0.15, -0.1) is 0 Å². The van der Waals surface area contributed by atoms with Gasteiger partial charge in [0, 0.05) is 12.4 Å². The van der Waals surface area contributed by atoms with Gasteiger partial charge in [0.1, 0.15) is 23.4 Å². The summed E-state index contributed by atoms with van der Waals surface area (Å²) in [4.78, 5) is 46.5. The number of hydrogen-bond donors (Lipinski definition) is 2. The first kappa shape index (κ1) is 26.0. The molecular weight excluding hydrogens is 420 g/mol. The monoisotopic (exact) mass is 454 g/mol. The molecule has 0 spiro atoms. The molecular formula is C25H34N4O4. The molecule has 8 nitrogen and oxygen atoms in total. The lowest BCUT2D eigenvalue weighted by Crippen LogP contribution is -2.53. The number of nitrogens with one attached hydrogen (secondary N) is 2. The predicted molar refractivity (Wildman–Crippen MR) is 125 cm³/mol. The van der Waals surface area contributed by atoms with Crippen molar-refractivity contribution in [3.05, 3.63) is 60.2 Å². The van der Waals surface area contributed by atoms with Crippen LogP contribution in [0.5, 0.6) is 0 Å². The van der Waals surface area contributed by atoms with E-state index in [1.807, 2.05) is 44.2 Å². The van der Waals surface area contributed by atoms with Gasteiger partial charge in [-0.3, -0.25) is 14.6 Å². The Balaban J connectivity index is 2.18. The van der Waals surface area contributed by atoms with Crippen LogP contribution in [0.3, 0.4) is 0 Å². The van der Waals surface area contributed by atoms with Gasteiger partial charge in [0.25, 0.3) is 5.91 Å². The standard InChI is InChI=1S/C25H34N4O4/c1-17(2)15-20(24(32)33-25(3,4)5)29-22(30)19(12-11-18-9-7-6-8-10-18)28-23(31)21-16-26-13-14-27-21/h6-10,13-14,16-17,19-20H,11-12,15H2,1-5H3,(H,28,31)(H,29,30)/t19-,20-/m0/s1. The van der Waals surface area contributed by atoms with E-state index in [1.165, 1.54) is 18.6 Å². The molecule has 178 valence electrons. The van der Waals surface area contributed by atoms with Crippen molar-refractivity contribution in [2.24, 2.45) is 5.92 Å². The first-order valence-corrected chi connectivity index (χ1v) is 11.2. The van der Waals surface area contributed by atoms with Gasteiger partial charge in [-0.2, -0.15) is 0 Å². The lowest BCUT2D eigenvalue weighted by molar-refractivity contribution is -0.159. The quantitative estimate of drug-likeness (QED) is 0.534. The number of aryl methyl sites for hydroxylation is 1. The van der Waals surface area contributed by atoms with E-state index in [1.54, 1.807) is 20.8 Å². The predicted octanol–water partition coefficient (Wildman–Crippen LogP) is 3.08. The summed E-state index contributed by atoms with van der Waals surface area (Å²) >= 11 is 0. The number of amides is 2. The minimum absolute atomic E-state index is 0.112. The molecule has 1 heterocycles. The van der Waals surface area contributed by atoms with Crippen molar-refractivity contribution < 1.29 is 19.1 Å². The Morgan fingerprint density at radius 2 is 1.70 bits per heavy atom. The molecule has 33 heavy (non-hydrogen) atoms. The molecule has 2 N–H and O–H groups in total. The maximum absolute atomic E-state index is 13.2. The van der Waals surface area contributed by atoms with Gasteiger partial charge in [-0.1, -0.05) is 44.2 Å². The van der Waals surface area contributed by atoms with E-state index in [2.05, 4.69) is 20.6 Å². The van der Waals surface area contributed by atoms with Crippen LogP contribution < -0.4 is 10.6 Å². The summed E-state index contributed by atoms with van der Waals surface area (Å²) < 4.78 is 5.50. The zero-order valence-electron chi connectivity index (χ0n) is 20.0. The fraction of sp³-hybridized carbons (Fsp3) is 0.480. The number of rotatable bonds is 10. The van der Waals surface area contributed by atoms with Crippen LogP contribution in [0.4, 0.5) is 0 Å². The van der Waals surface area contributed by atoms with Gasteiger partial charge in [-0.05, 0) is 51.5 Å². The molecule has 0 radical (unpaired) electrons.